The Morgan fingerprint density at radius 2 is 1.75 bits per heavy atom. The number of rotatable bonds is 6. The number of fused-ring (bicyclic) bond motifs is 1. The molecule has 0 aliphatic carbocycles. The van der Waals surface area contributed by atoms with Crippen LogP contribution < -0.4 is 15.6 Å². The fourth-order valence-electron chi connectivity index (χ4n) is 3.82. The second-order valence-corrected chi connectivity index (χ2v) is 7.60. The van der Waals surface area contributed by atoms with Gasteiger partial charge in [-0.15, -0.1) is 0 Å². The largest absolute Gasteiger partial charge is 0.496 e. The Kier molecular flexibility index (Phi) is 5.77. The highest BCUT2D eigenvalue weighted by Gasteiger charge is 2.23. The van der Waals surface area contributed by atoms with Gasteiger partial charge in [-0.3, -0.25) is 9.59 Å². The van der Waals surface area contributed by atoms with Crippen molar-refractivity contribution in [3.05, 3.63) is 81.9 Å². The molecule has 8 nitrogen and oxygen atoms in total. The lowest BCUT2D eigenvalue weighted by Gasteiger charge is -2.15. The lowest BCUT2D eigenvalue weighted by Crippen LogP contribution is -2.37. The van der Waals surface area contributed by atoms with Gasteiger partial charge in [0.05, 0.1) is 29.6 Å². The monoisotopic (exact) mass is 431 g/mol. The van der Waals surface area contributed by atoms with Gasteiger partial charge in [0, 0.05) is 12.1 Å². The number of methoxy groups -OCH3 is 1. The maximum atomic E-state index is 13.2. The summed E-state index contributed by atoms with van der Waals surface area (Å²) in [6.07, 6.45) is 0. The van der Waals surface area contributed by atoms with Gasteiger partial charge in [-0.1, -0.05) is 36.4 Å². The summed E-state index contributed by atoms with van der Waals surface area (Å²) in [5, 5.41) is 12.6. The molecule has 32 heavy (non-hydrogen) atoms. The minimum absolute atomic E-state index is 0.283. The van der Waals surface area contributed by atoms with E-state index in [0.29, 0.717) is 22.3 Å². The van der Waals surface area contributed by atoms with E-state index in [1.807, 2.05) is 68.4 Å². The molecule has 0 spiro atoms. The lowest BCUT2D eigenvalue weighted by atomic mass is 10.2. The SMILES string of the molecule is COc1ccccc1CNC(=O)[C@H](C)n1nc(C)c2c(C)n(-c3ccccc3)nc2c1=O. The van der Waals surface area contributed by atoms with Crippen LogP contribution in [0.15, 0.2) is 59.4 Å². The zero-order chi connectivity index (χ0) is 22.8. The van der Waals surface area contributed by atoms with Crippen LogP contribution in [0.2, 0.25) is 0 Å². The zero-order valence-electron chi connectivity index (χ0n) is 18.5. The third-order valence-corrected chi connectivity index (χ3v) is 5.54. The Morgan fingerprint density at radius 1 is 1.06 bits per heavy atom. The van der Waals surface area contributed by atoms with Crippen molar-refractivity contribution in [2.45, 2.75) is 33.4 Å². The van der Waals surface area contributed by atoms with Crippen molar-refractivity contribution in [2.24, 2.45) is 0 Å². The number of hydrogen-bond acceptors (Lipinski definition) is 5. The first-order chi connectivity index (χ1) is 15.4. The van der Waals surface area contributed by atoms with Gasteiger partial charge in [0.15, 0.2) is 5.52 Å². The standard InChI is InChI=1S/C24H25N5O3/c1-15-21-16(2)28(19-11-6-5-7-12-19)27-22(21)24(31)29(26-15)17(3)23(30)25-14-18-10-8-9-13-20(18)32-4/h5-13,17H,14H2,1-4H3,(H,25,30)/t17-/m0/s1. The normalized spacial score (nSPS) is 12.0. The number of amides is 1. The van der Waals surface area contributed by atoms with Gasteiger partial charge in [-0.25, -0.2) is 9.36 Å². The van der Waals surface area contributed by atoms with Crippen molar-refractivity contribution in [2.75, 3.05) is 7.11 Å². The summed E-state index contributed by atoms with van der Waals surface area (Å²) < 4.78 is 8.27. The smallest absolute Gasteiger partial charge is 0.295 e. The number of ether oxygens (including phenoxy) is 1. The van der Waals surface area contributed by atoms with Gasteiger partial charge in [-0.2, -0.15) is 10.2 Å². The first-order valence-corrected chi connectivity index (χ1v) is 10.4. The van der Waals surface area contributed by atoms with Gasteiger partial charge in [0.1, 0.15) is 11.8 Å². The molecule has 2 aromatic carbocycles. The molecule has 8 heteroatoms. The summed E-state index contributed by atoms with van der Waals surface area (Å²) in [4.78, 5) is 26.1. The van der Waals surface area contributed by atoms with Crippen LogP contribution in [0.5, 0.6) is 5.75 Å². The molecule has 0 unspecified atom stereocenters. The predicted molar refractivity (Wildman–Crippen MR) is 122 cm³/mol. The van der Waals surface area contributed by atoms with Crippen LogP contribution in [0.25, 0.3) is 16.6 Å². The molecule has 1 N–H and O–H groups in total. The summed E-state index contributed by atoms with van der Waals surface area (Å²) in [7, 11) is 1.58. The molecule has 0 bridgehead atoms. The van der Waals surface area contributed by atoms with Crippen LogP contribution in [0.4, 0.5) is 0 Å². The number of hydrogen-bond donors (Lipinski definition) is 1. The summed E-state index contributed by atoms with van der Waals surface area (Å²) in [5.41, 5.74) is 3.07. The van der Waals surface area contributed by atoms with E-state index >= 15 is 0 Å². The Labute approximate surface area is 185 Å². The Hall–Kier alpha value is -3.94. The van der Waals surface area contributed by atoms with Crippen LogP contribution in [-0.2, 0) is 11.3 Å². The maximum absolute atomic E-state index is 13.2. The average Bonchev–Trinajstić information content (AvgIpc) is 3.18. The maximum Gasteiger partial charge on any atom is 0.295 e. The van der Waals surface area contributed by atoms with Crippen LogP contribution in [0, 0.1) is 13.8 Å². The van der Waals surface area contributed by atoms with E-state index < -0.39 is 11.6 Å². The number of benzene rings is 2. The van der Waals surface area contributed by atoms with Crippen molar-refractivity contribution in [3.8, 4) is 11.4 Å². The number of nitrogens with zero attached hydrogens (tertiary/aromatic N) is 4. The van der Waals surface area contributed by atoms with Gasteiger partial charge in [0.2, 0.25) is 5.91 Å². The number of aryl methyl sites for hydroxylation is 2. The molecule has 2 aromatic heterocycles. The first-order valence-electron chi connectivity index (χ1n) is 10.4. The van der Waals surface area contributed by atoms with E-state index in [4.69, 9.17) is 4.74 Å². The molecule has 164 valence electrons. The molecule has 0 saturated heterocycles. The minimum atomic E-state index is -0.803. The third kappa shape index (κ3) is 3.75. The van der Waals surface area contributed by atoms with Crippen LogP contribution in [0.3, 0.4) is 0 Å². The van der Waals surface area contributed by atoms with E-state index in [-0.39, 0.29) is 12.5 Å². The molecule has 0 aliphatic heterocycles. The summed E-state index contributed by atoms with van der Waals surface area (Å²) in [6.45, 7) is 5.66. The van der Waals surface area contributed by atoms with Crippen molar-refractivity contribution in [1.29, 1.82) is 0 Å². The van der Waals surface area contributed by atoms with Crippen LogP contribution >= 0.6 is 0 Å². The Bertz CT molecular complexity index is 1340. The molecule has 1 atom stereocenters. The summed E-state index contributed by atoms with van der Waals surface area (Å²) >= 11 is 0. The lowest BCUT2D eigenvalue weighted by molar-refractivity contribution is -0.124. The highest BCUT2D eigenvalue weighted by Crippen LogP contribution is 2.22. The van der Waals surface area contributed by atoms with Crippen molar-refractivity contribution in [1.82, 2.24) is 24.9 Å². The summed E-state index contributed by atoms with van der Waals surface area (Å²) in [6, 6.07) is 16.3. The topological polar surface area (TPSA) is 91.0 Å². The predicted octanol–water partition coefficient (Wildman–Crippen LogP) is 3.09. The molecule has 0 fully saturated rings. The van der Waals surface area contributed by atoms with Crippen molar-refractivity contribution >= 4 is 16.8 Å². The highest BCUT2D eigenvalue weighted by atomic mass is 16.5. The number of carbonyl (C=O) groups is 1. The minimum Gasteiger partial charge on any atom is -0.496 e. The van der Waals surface area contributed by atoms with E-state index in [9.17, 15) is 9.59 Å². The van der Waals surface area contributed by atoms with Crippen LogP contribution in [-0.4, -0.2) is 32.6 Å². The number of nitrogens with one attached hydrogen (secondary N) is 1. The molecular formula is C24H25N5O3. The van der Waals surface area contributed by atoms with Gasteiger partial charge >= 0.3 is 0 Å². The van der Waals surface area contributed by atoms with Crippen LogP contribution in [0.1, 0.15) is 29.9 Å². The second-order valence-electron chi connectivity index (χ2n) is 7.60. The van der Waals surface area contributed by atoms with Gasteiger partial charge in [0.25, 0.3) is 5.56 Å². The number of para-hydroxylation sites is 2. The highest BCUT2D eigenvalue weighted by molar-refractivity contribution is 5.84. The Balaban J connectivity index is 1.66. The first kappa shape index (κ1) is 21.3. The van der Waals surface area contributed by atoms with E-state index in [1.54, 1.807) is 18.7 Å². The zero-order valence-corrected chi connectivity index (χ0v) is 18.5. The van der Waals surface area contributed by atoms with Crippen molar-refractivity contribution in [3.63, 3.8) is 0 Å². The molecule has 2 heterocycles. The second kappa shape index (κ2) is 8.66. The molecule has 0 radical (unpaired) electrons. The third-order valence-electron chi connectivity index (χ3n) is 5.54. The molecule has 4 rings (SSSR count). The average molecular weight is 431 g/mol. The van der Waals surface area contributed by atoms with Gasteiger partial charge in [-0.05, 0) is 39.0 Å². The molecule has 1 amide bonds. The van der Waals surface area contributed by atoms with E-state index in [1.165, 1.54) is 4.68 Å². The van der Waals surface area contributed by atoms with E-state index in [0.717, 1.165) is 16.9 Å². The Morgan fingerprint density at radius 3 is 2.47 bits per heavy atom. The fourth-order valence-corrected chi connectivity index (χ4v) is 3.82. The van der Waals surface area contributed by atoms with Gasteiger partial charge < -0.3 is 10.1 Å². The van der Waals surface area contributed by atoms with Crippen molar-refractivity contribution < 1.29 is 9.53 Å². The molecular weight excluding hydrogens is 406 g/mol. The summed E-state index contributed by atoms with van der Waals surface area (Å²) in [5.74, 6) is 0.374. The fraction of sp³-hybridized carbons (Fsp3) is 0.250. The quantitative estimate of drug-likeness (QED) is 0.507. The molecule has 0 aliphatic rings. The molecule has 4 aromatic rings. The molecule has 0 saturated carbocycles. The number of aromatic nitrogens is 4. The number of carbonyl (C=O) groups excluding carboxylic acids is 1. The van der Waals surface area contributed by atoms with E-state index in [2.05, 4.69) is 15.5 Å².